The predicted octanol–water partition coefficient (Wildman–Crippen LogP) is 5.26. The molecule has 2 aromatic heterocycles. The van der Waals surface area contributed by atoms with Crippen LogP contribution < -0.4 is 0 Å². The van der Waals surface area contributed by atoms with Crippen LogP contribution in [-0.2, 0) is 13.2 Å². The summed E-state index contributed by atoms with van der Waals surface area (Å²) in [6.07, 6.45) is 2.32. The molecule has 0 amide bonds. The van der Waals surface area contributed by atoms with E-state index in [4.69, 9.17) is 4.42 Å². The van der Waals surface area contributed by atoms with Crippen LogP contribution in [0.25, 0.3) is 10.9 Å². The van der Waals surface area contributed by atoms with Gasteiger partial charge in [0.05, 0.1) is 18.2 Å². The molecule has 0 spiro atoms. The maximum Gasteiger partial charge on any atom is 0.169 e. The molecule has 0 N–H and O–H groups in total. The van der Waals surface area contributed by atoms with Gasteiger partial charge in [0.2, 0.25) is 0 Å². The third kappa shape index (κ3) is 2.47. The molecule has 1 aliphatic rings. The van der Waals surface area contributed by atoms with Crippen molar-refractivity contribution in [2.24, 2.45) is 0 Å². The molecule has 116 valence electrons. The Labute approximate surface area is 141 Å². The maximum absolute atomic E-state index is 13.5. The number of nitrogens with zero attached hydrogens (tertiary/aromatic N) is 2. The lowest BCUT2D eigenvalue weighted by atomic mass is 10.0. The topological polar surface area (TPSA) is 41.9 Å². The standard InChI is InChI=1S/C18H14BrFN2O/c19-18-6-4-13(23-18)10-22-16-5-3-12(9-21)15(8-20)14(16)7-17(22)11-1-2-11/h3-7,11H,1-2,8,10H2. The fourth-order valence-electron chi connectivity index (χ4n) is 3.15. The van der Waals surface area contributed by atoms with Crippen molar-refractivity contribution in [2.45, 2.75) is 32.0 Å². The first-order chi connectivity index (χ1) is 11.2. The minimum atomic E-state index is -0.624. The van der Waals surface area contributed by atoms with Gasteiger partial charge in [-0.25, -0.2) is 4.39 Å². The highest BCUT2D eigenvalue weighted by atomic mass is 79.9. The van der Waals surface area contributed by atoms with Crippen LogP contribution in [0.4, 0.5) is 4.39 Å². The molecule has 0 radical (unpaired) electrons. The molecule has 0 unspecified atom stereocenters. The molecule has 1 fully saturated rings. The van der Waals surface area contributed by atoms with E-state index in [0.717, 1.165) is 29.5 Å². The second-order valence-corrected chi connectivity index (χ2v) is 6.69. The van der Waals surface area contributed by atoms with Gasteiger partial charge >= 0.3 is 0 Å². The molecule has 2 heterocycles. The molecule has 5 heteroatoms. The molecule has 23 heavy (non-hydrogen) atoms. The van der Waals surface area contributed by atoms with Crippen LogP contribution in [0.5, 0.6) is 0 Å². The van der Waals surface area contributed by atoms with Crippen molar-refractivity contribution in [3.63, 3.8) is 0 Å². The fraction of sp³-hybridized carbons (Fsp3) is 0.278. The van der Waals surface area contributed by atoms with Gasteiger partial charge in [0, 0.05) is 22.2 Å². The summed E-state index contributed by atoms with van der Waals surface area (Å²) in [5, 5.41) is 10.0. The van der Waals surface area contributed by atoms with E-state index in [-0.39, 0.29) is 0 Å². The number of alkyl halides is 1. The molecule has 0 bridgehead atoms. The average Bonchev–Trinajstić information content (AvgIpc) is 3.23. The summed E-state index contributed by atoms with van der Waals surface area (Å²) in [4.78, 5) is 0. The molecule has 4 rings (SSSR count). The first-order valence-corrected chi connectivity index (χ1v) is 8.36. The van der Waals surface area contributed by atoms with Crippen LogP contribution >= 0.6 is 15.9 Å². The molecule has 0 saturated heterocycles. The van der Waals surface area contributed by atoms with Crippen molar-refractivity contribution >= 4 is 26.8 Å². The van der Waals surface area contributed by atoms with E-state index in [9.17, 15) is 9.65 Å². The van der Waals surface area contributed by atoms with E-state index in [1.165, 1.54) is 5.69 Å². The first kappa shape index (κ1) is 14.5. The minimum absolute atomic E-state index is 0.417. The number of furan rings is 1. The Hall–Kier alpha value is -2.06. The molecular formula is C18H14BrFN2O. The monoisotopic (exact) mass is 372 g/mol. The second-order valence-electron chi connectivity index (χ2n) is 5.91. The van der Waals surface area contributed by atoms with Crippen LogP contribution in [0.1, 0.15) is 41.3 Å². The molecule has 3 aromatic rings. The zero-order chi connectivity index (χ0) is 16.0. The van der Waals surface area contributed by atoms with E-state index >= 15 is 0 Å². The highest BCUT2D eigenvalue weighted by Gasteiger charge is 2.29. The van der Waals surface area contributed by atoms with Crippen LogP contribution in [0.15, 0.2) is 39.4 Å². The summed E-state index contributed by atoms with van der Waals surface area (Å²) in [6, 6.07) is 11.6. The summed E-state index contributed by atoms with van der Waals surface area (Å²) in [5.74, 6) is 1.38. The number of fused-ring (bicyclic) bond motifs is 1. The lowest BCUT2D eigenvalue weighted by Gasteiger charge is -2.09. The Balaban J connectivity index is 1.91. The number of nitriles is 1. The van der Waals surface area contributed by atoms with Crippen LogP contribution in [0.3, 0.4) is 0 Å². The zero-order valence-electron chi connectivity index (χ0n) is 12.4. The Morgan fingerprint density at radius 3 is 2.74 bits per heavy atom. The molecule has 0 atom stereocenters. The van der Waals surface area contributed by atoms with Gasteiger partial charge in [-0.15, -0.1) is 0 Å². The van der Waals surface area contributed by atoms with Crippen LogP contribution in [-0.4, -0.2) is 4.57 Å². The van der Waals surface area contributed by atoms with E-state index < -0.39 is 6.67 Å². The van der Waals surface area contributed by atoms with Crippen molar-refractivity contribution in [3.8, 4) is 6.07 Å². The number of halogens is 2. The lowest BCUT2D eigenvalue weighted by molar-refractivity contribution is 0.474. The summed E-state index contributed by atoms with van der Waals surface area (Å²) < 4.78 is 22.0. The van der Waals surface area contributed by atoms with Gasteiger partial charge in [0.15, 0.2) is 4.67 Å². The predicted molar refractivity (Wildman–Crippen MR) is 89.0 cm³/mol. The van der Waals surface area contributed by atoms with Gasteiger partial charge in [-0.1, -0.05) is 0 Å². The summed E-state index contributed by atoms with van der Waals surface area (Å²) in [5.41, 5.74) is 3.08. The molecule has 0 aliphatic heterocycles. The molecule has 3 nitrogen and oxygen atoms in total. The molecule has 1 saturated carbocycles. The second kappa shape index (κ2) is 5.54. The van der Waals surface area contributed by atoms with Gasteiger partial charge in [-0.05, 0) is 65.0 Å². The van der Waals surface area contributed by atoms with Crippen molar-refractivity contribution < 1.29 is 8.81 Å². The number of benzene rings is 1. The third-order valence-electron chi connectivity index (χ3n) is 4.42. The number of hydrogen-bond acceptors (Lipinski definition) is 2. The van der Waals surface area contributed by atoms with Crippen LogP contribution in [0, 0.1) is 11.3 Å². The van der Waals surface area contributed by atoms with E-state index in [2.05, 4.69) is 32.6 Å². The molecular weight excluding hydrogens is 359 g/mol. The van der Waals surface area contributed by atoms with Gasteiger partial charge in [-0.3, -0.25) is 0 Å². The number of rotatable bonds is 4. The van der Waals surface area contributed by atoms with Crippen molar-refractivity contribution in [1.82, 2.24) is 4.57 Å². The Kier molecular flexibility index (Phi) is 3.50. The SMILES string of the molecule is N#Cc1ccc2c(cc(C3CC3)n2Cc2ccc(Br)o2)c1CF. The van der Waals surface area contributed by atoms with E-state index in [1.54, 1.807) is 6.07 Å². The highest BCUT2D eigenvalue weighted by molar-refractivity contribution is 9.10. The summed E-state index contributed by atoms with van der Waals surface area (Å²) in [6.45, 7) is -0.0147. The zero-order valence-corrected chi connectivity index (χ0v) is 13.9. The average molecular weight is 373 g/mol. The van der Waals surface area contributed by atoms with Crippen LogP contribution in [0.2, 0.25) is 0 Å². The van der Waals surface area contributed by atoms with Crippen molar-refractivity contribution in [1.29, 1.82) is 5.26 Å². The van der Waals surface area contributed by atoms with Crippen molar-refractivity contribution in [2.75, 3.05) is 0 Å². The minimum Gasteiger partial charge on any atom is -0.452 e. The molecule has 1 aromatic carbocycles. The Morgan fingerprint density at radius 2 is 2.13 bits per heavy atom. The summed E-state index contributed by atoms with van der Waals surface area (Å²) >= 11 is 3.33. The Bertz CT molecular complexity index is 931. The van der Waals surface area contributed by atoms with Gasteiger partial charge in [0.1, 0.15) is 12.4 Å². The van der Waals surface area contributed by atoms with Gasteiger partial charge in [0.25, 0.3) is 0 Å². The van der Waals surface area contributed by atoms with E-state index in [0.29, 0.717) is 28.3 Å². The quantitative estimate of drug-likeness (QED) is 0.626. The van der Waals surface area contributed by atoms with E-state index in [1.807, 2.05) is 18.2 Å². The normalized spacial score (nSPS) is 14.3. The highest BCUT2D eigenvalue weighted by Crippen LogP contribution is 2.43. The van der Waals surface area contributed by atoms with Gasteiger partial charge in [-0.2, -0.15) is 5.26 Å². The fourth-order valence-corrected chi connectivity index (χ4v) is 3.49. The van der Waals surface area contributed by atoms with Crippen molar-refractivity contribution in [3.05, 3.63) is 57.6 Å². The molecule has 1 aliphatic carbocycles. The summed E-state index contributed by atoms with van der Waals surface area (Å²) in [7, 11) is 0. The smallest absolute Gasteiger partial charge is 0.169 e. The number of hydrogen-bond donors (Lipinski definition) is 0. The first-order valence-electron chi connectivity index (χ1n) is 7.56. The lowest BCUT2D eigenvalue weighted by Crippen LogP contribution is -2.02. The van der Waals surface area contributed by atoms with Gasteiger partial charge < -0.3 is 8.98 Å². The number of aromatic nitrogens is 1. The third-order valence-corrected chi connectivity index (χ3v) is 4.85. The largest absolute Gasteiger partial charge is 0.452 e. The Morgan fingerprint density at radius 1 is 1.30 bits per heavy atom. The maximum atomic E-state index is 13.5.